The molecule has 5 heteroatoms. The maximum Gasteiger partial charge on any atom is 0.254 e. The van der Waals surface area contributed by atoms with E-state index in [0.717, 1.165) is 31.0 Å². The van der Waals surface area contributed by atoms with Crippen molar-refractivity contribution in [3.05, 3.63) is 35.4 Å². The van der Waals surface area contributed by atoms with Gasteiger partial charge in [0.1, 0.15) is 11.6 Å². The van der Waals surface area contributed by atoms with Crippen LogP contribution in [0.5, 0.6) is 0 Å². The average molecular weight is 250 g/mol. The fourth-order valence-electron chi connectivity index (χ4n) is 1.85. The summed E-state index contributed by atoms with van der Waals surface area (Å²) in [5.74, 6) is -1.95. The fraction of sp³-hybridized carbons (Fsp3) is 0.385. The summed E-state index contributed by atoms with van der Waals surface area (Å²) in [4.78, 5) is 13.6. The number of halogens is 2. The van der Waals surface area contributed by atoms with E-state index in [1.54, 1.807) is 0 Å². The molecule has 0 N–H and O–H groups in total. The van der Waals surface area contributed by atoms with E-state index in [2.05, 4.69) is 0 Å². The SMILES string of the molecule is N#CCCN(C(=O)c1cc(F)cc(F)c1)C1CC1. The van der Waals surface area contributed by atoms with Crippen LogP contribution in [0.3, 0.4) is 0 Å². The Balaban J connectivity index is 2.19. The zero-order valence-corrected chi connectivity index (χ0v) is 9.70. The Morgan fingerprint density at radius 1 is 1.33 bits per heavy atom. The summed E-state index contributed by atoms with van der Waals surface area (Å²) in [7, 11) is 0. The van der Waals surface area contributed by atoms with Crippen molar-refractivity contribution >= 4 is 5.91 Å². The molecule has 3 nitrogen and oxygen atoms in total. The number of nitrogens with zero attached hydrogens (tertiary/aromatic N) is 2. The first-order chi connectivity index (χ1) is 8.61. The van der Waals surface area contributed by atoms with E-state index in [9.17, 15) is 13.6 Å². The molecule has 0 bridgehead atoms. The highest BCUT2D eigenvalue weighted by molar-refractivity contribution is 5.94. The summed E-state index contributed by atoms with van der Waals surface area (Å²) in [5.41, 5.74) is -0.00246. The van der Waals surface area contributed by atoms with Crippen molar-refractivity contribution in [2.24, 2.45) is 0 Å². The first-order valence-corrected chi connectivity index (χ1v) is 5.76. The zero-order chi connectivity index (χ0) is 13.1. The number of carbonyl (C=O) groups is 1. The number of amides is 1. The van der Waals surface area contributed by atoms with Crippen LogP contribution >= 0.6 is 0 Å². The van der Waals surface area contributed by atoms with Crippen LogP contribution in [0.4, 0.5) is 8.78 Å². The van der Waals surface area contributed by atoms with Crippen molar-refractivity contribution in [3.63, 3.8) is 0 Å². The Hall–Kier alpha value is -1.96. The van der Waals surface area contributed by atoms with Crippen LogP contribution < -0.4 is 0 Å². The lowest BCUT2D eigenvalue weighted by molar-refractivity contribution is 0.0745. The second-order valence-corrected chi connectivity index (χ2v) is 4.30. The van der Waals surface area contributed by atoms with Crippen LogP contribution in [0.2, 0.25) is 0 Å². The molecule has 0 saturated heterocycles. The van der Waals surface area contributed by atoms with E-state index >= 15 is 0 Å². The summed E-state index contributed by atoms with van der Waals surface area (Å²) in [5, 5.41) is 8.55. The van der Waals surface area contributed by atoms with Gasteiger partial charge in [-0.3, -0.25) is 4.79 Å². The van der Waals surface area contributed by atoms with Crippen molar-refractivity contribution in [1.29, 1.82) is 5.26 Å². The van der Waals surface area contributed by atoms with Gasteiger partial charge in [0.15, 0.2) is 0 Å². The molecule has 1 aliphatic rings. The molecule has 1 aliphatic carbocycles. The lowest BCUT2D eigenvalue weighted by atomic mass is 10.1. The molecule has 94 valence electrons. The summed E-state index contributed by atoms with van der Waals surface area (Å²) in [6, 6.07) is 4.85. The van der Waals surface area contributed by atoms with Gasteiger partial charge in [0.2, 0.25) is 0 Å². The van der Waals surface area contributed by atoms with E-state index < -0.39 is 17.5 Å². The molecule has 1 aromatic rings. The molecule has 0 unspecified atom stereocenters. The minimum absolute atomic E-state index is 0.00246. The van der Waals surface area contributed by atoms with Gasteiger partial charge in [0.05, 0.1) is 12.5 Å². The molecule has 0 spiro atoms. The number of rotatable bonds is 4. The molecule has 1 amide bonds. The van der Waals surface area contributed by atoms with Crippen molar-refractivity contribution in [2.45, 2.75) is 25.3 Å². The van der Waals surface area contributed by atoms with Crippen LogP contribution in [0.1, 0.15) is 29.6 Å². The van der Waals surface area contributed by atoms with Crippen LogP contribution in [-0.2, 0) is 0 Å². The van der Waals surface area contributed by atoms with Gasteiger partial charge in [-0.25, -0.2) is 8.78 Å². The van der Waals surface area contributed by atoms with Crippen molar-refractivity contribution in [2.75, 3.05) is 6.54 Å². The molecule has 1 saturated carbocycles. The highest BCUT2D eigenvalue weighted by Crippen LogP contribution is 2.28. The smallest absolute Gasteiger partial charge is 0.254 e. The lowest BCUT2D eigenvalue weighted by Gasteiger charge is -2.21. The largest absolute Gasteiger partial charge is 0.335 e. The average Bonchev–Trinajstić information content (AvgIpc) is 3.12. The molecule has 0 radical (unpaired) electrons. The number of hydrogen-bond donors (Lipinski definition) is 0. The second-order valence-electron chi connectivity index (χ2n) is 4.30. The van der Waals surface area contributed by atoms with Gasteiger partial charge in [-0.2, -0.15) is 5.26 Å². The van der Waals surface area contributed by atoms with Crippen LogP contribution in [0.25, 0.3) is 0 Å². The third kappa shape index (κ3) is 2.83. The second kappa shape index (κ2) is 5.13. The highest BCUT2D eigenvalue weighted by Gasteiger charge is 2.32. The Labute approximate surface area is 104 Å². The Bertz CT molecular complexity index is 486. The monoisotopic (exact) mass is 250 g/mol. The third-order valence-corrected chi connectivity index (χ3v) is 2.82. The zero-order valence-electron chi connectivity index (χ0n) is 9.70. The maximum absolute atomic E-state index is 13.1. The van der Waals surface area contributed by atoms with Crippen molar-refractivity contribution < 1.29 is 13.6 Å². The molecular weight excluding hydrogens is 238 g/mol. The van der Waals surface area contributed by atoms with Gasteiger partial charge in [-0.1, -0.05) is 0 Å². The first-order valence-electron chi connectivity index (χ1n) is 5.76. The standard InChI is InChI=1S/C13H12F2N2O/c14-10-6-9(7-11(15)8-10)13(18)17(5-1-4-16)12-2-3-12/h6-8,12H,1-3,5H2. The van der Waals surface area contributed by atoms with Crippen LogP contribution in [0, 0.1) is 23.0 Å². The molecule has 2 rings (SSSR count). The van der Waals surface area contributed by atoms with Gasteiger partial charge in [0, 0.05) is 24.2 Å². The minimum Gasteiger partial charge on any atom is -0.335 e. The topological polar surface area (TPSA) is 44.1 Å². The molecule has 0 aliphatic heterocycles. The molecule has 1 aromatic carbocycles. The van der Waals surface area contributed by atoms with E-state index in [4.69, 9.17) is 5.26 Å². The molecular formula is C13H12F2N2O. The molecule has 18 heavy (non-hydrogen) atoms. The van der Waals surface area contributed by atoms with Gasteiger partial charge >= 0.3 is 0 Å². The summed E-state index contributed by atoms with van der Waals surface area (Å²) in [6.45, 7) is 0.304. The number of benzene rings is 1. The van der Waals surface area contributed by atoms with E-state index in [1.807, 2.05) is 6.07 Å². The predicted octanol–water partition coefficient (Wildman–Crippen LogP) is 2.48. The van der Waals surface area contributed by atoms with Crippen LogP contribution in [0.15, 0.2) is 18.2 Å². The molecule has 0 atom stereocenters. The van der Waals surface area contributed by atoms with Gasteiger partial charge in [-0.15, -0.1) is 0 Å². The van der Waals surface area contributed by atoms with E-state index in [0.29, 0.717) is 6.54 Å². The Morgan fingerprint density at radius 2 is 1.94 bits per heavy atom. The highest BCUT2D eigenvalue weighted by atomic mass is 19.1. The Morgan fingerprint density at radius 3 is 2.44 bits per heavy atom. The van der Waals surface area contributed by atoms with Crippen molar-refractivity contribution in [1.82, 2.24) is 4.90 Å². The predicted molar refractivity (Wildman–Crippen MR) is 60.6 cm³/mol. The fourth-order valence-corrected chi connectivity index (χ4v) is 1.85. The Kier molecular flexibility index (Phi) is 3.56. The summed E-state index contributed by atoms with van der Waals surface area (Å²) < 4.78 is 26.1. The third-order valence-electron chi connectivity index (χ3n) is 2.82. The van der Waals surface area contributed by atoms with Gasteiger partial charge < -0.3 is 4.90 Å². The summed E-state index contributed by atoms with van der Waals surface area (Å²) in [6.07, 6.45) is 1.99. The van der Waals surface area contributed by atoms with E-state index in [-0.39, 0.29) is 18.0 Å². The normalized spacial score (nSPS) is 14.1. The first kappa shape index (κ1) is 12.5. The van der Waals surface area contributed by atoms with E-state index in [1.165, 1.54) is 4.90 Å². The quantitative estimate of drug-likeness (QED) is 0.824. The maximum atomic E-state index is 13.1. The van der Waals surface area contributed by atoms with Gasteiger partial charge in [0.25, 0.3) is 5.91 Å². The van der Waals surface area contributed by atoms with Crippen LogP contribution in [-0.4, -0.2) is 23.4 Å². The molecule has 1 fully saturated rings. The number of carbonyl (C=O) groups excluding carboxylic acids is 1. The summed E-state index contributed by atoms with van der Waals surface area (Å²) >= 11 is 0. The molecule has 0 aromatic heterocycles. The molecule has 0 heterocycles. The van der Waals surface area contributed by atoms with Gasteiger partial charge in [-0.05, 0) is 25.0 Å². The van der Waals surface area contributed by atoms with Crippen molar-refractivity contribution in [3.8, 4) is 6.07 Å². The minimum atomic E-state index is -0.769. The number of hydrogen-bond acceptors (Lipinski definition) is 2. The lowest BCUT2D eigenvalue weighted by Crippen LogP contribution is -2.34. The number of nitriles is 1.